The summed E-state index contributed by atoms with van der Waals surface area (Å²) in [4.78, 5) is 40.3. The summed E-state index contributed by atoms with van der Waals surface area (Å²) in [5, 5.41) is 2.33. The van der Waals surface area contributed by atoms with Gasteiger partial charge in [-0.2, -0.15) is 0 Å². The molecule has 1 aromatic carbocycles. The molecule has 4 rings (SSSR count). The van der Waals surface area contributed by atoms with Gasteiger partial charge in [-0.1, -0.05) is 13.8 Å². The van der Waals surface area contributed by atoms with Crippen molar-refractivity contribution in [3.63, 3.8) is 0 Å². The molecule has 3 aliphatic heterocycles. The number of amides is 3. The van der Waals surface area contributed by atoms with Gasteiger partial charge < -0.3 is 9.64 Å². The number of likely N-dealkylation sites (N-methyl/N-ethyl adjacent to an activating group) is 1. The second-order valence-electron chi connectivity index (χ2n) is 8.15. The van der Waals surface area contributed by atoms with Crippen LogP contribution in [0.15, 0.2) is 18.2 Å². The fraction of sp³-hybridized carbons (Fsp3) is 0.571. The molecule has 3 aliphatic rings. The van der Waals surface area contributed by atoms with Gasteiger partial charge in [0.2, 0.25) is 11.8 Å². The van der Waals surface area contributed by atoms with E-state index >= 15 is 0 Å². The number of imide groups is 1. The van der Waals surface area contributed by atoms with Crippen molar-refractivity contribution in [1.29, 1.82) is 0 Å². The lowest BCUT2D eigenvalue weighted by molar-refractivity contribution is -0.136. The van der Waals surface area contributed by atoms with E-state index in [9.17, 15) is 14.4 Å². The number of nitrogens with one attached hydrogen (secondary N) is 1. The Morgan fingerprint density at radius 1 is 1.21 bits per heavy atom. The van der Waals surface area contributed by atoms with Crippen molar-refractivity contribution in [2.75, 3.05) is 19.6 Å². The van der Waals surface area contributed by atoms with Gasteiger partial charge in [0.15, 0.2) is 0 Å². The van der Waals surface area contributed by atoms with Gasteiger partial charge in [-0.15, -0.1) is 0 Å². The van der Waals surface area contributed by atoms with Gasteiger partial charge in [-0.05, 0) is 49.1 Å². The van der Waals surface area contributed by atoms with E-state index < -0.39 is 6.04 Å². The molecule has 7 heteroatoms. The molecular weight excluding hydrogens is 358 g/mol. The van der Waals surface area contributed by atoms with Gasteiger partial charge in [-0.25, -0.2) is 0 Å². The first-order chi connectivity index (χ1) is 13.4. The number of fused-ring (bicyclic) bond motifs is 1. The molecule has 3 heterocycles. The molecule has 1 aromatic rings. The van der Waals surface area contributed by atoms with E-state index in [0.29, 0.717) is 24.4 Å². The van der Waals surface area contributed by atoms with Crippen LogP contribution < -0.4 is 10.1 Å². The highest BCUT2D eigenvalue weighted by Gasteiger charge is 2.39. The average molecular weight is 385 g/mol. The van der Waals surface area contributed by atoms with Crippen molar-refractivity contribution in [2.45, 2.75) is 51.8 Å². The lowest BCUT2D eigenvalue weighted by Crippen LogP contribution is -2.52. The Balaban J connectivity index is 1.46. The maximum absolute atomic E-state index is 12.8. The van der Waals surface area contributed by atoms with E-state index in [1.807, 2.05) is 12.1 Å². The van der Waals surface area contributed by atoms with Crippen LogP contribution in [0.4, 0.5) is 0 Å². The number of hydrogen-bond donors (Lipinski definition) is 1. The Morgan fingerprint density at radius 2 is 2.04 bits per heavy atom. The third-order valence-electron chi connectivity index (χ3n) is 5.94. The molecule has 2 fully saturated rings. The minimum Gasteiger partial charge on any atom is -0.489 e. The topological polar surface area (TPSA) is 79.0 Å². The number of nitrogens with zero attached hydrogens (tertiary/aromatic N) is 2. The van der Waals surface area contributed by atoms with E-state index in [4.69, 9.17) is 4.74 Å². The second-order valence-corrected chi connectivity index (χ2v) is 8.15. The Hall–Kier alpha value is -2.41. The first kappa shape index (κ1) is 18.9. The maximum atomic E-state index is 12.8. The van der Waals surface area contributed by atoms with Gasteiger partial charge in [-0.3, -0.25) is 24.6 Å². The van der Waals surface area contributed by atoms with Gasteiger partial charge >= 0.3 is 0 Å². The maximum Gasteiger partial charge on any atom is 0.255 e. The predicted octanol–water partition coefficient (Wildman–Crippen LogP) is 1.56. The van der Waals surface area contributed by atoms with Crippen LogP contribution in [0.1, 0.15) is 49.0 Å². The molecule has 150 valence electrons. The van der Waals surface area contributed by atoms with Crippen LogP contribution in [-0.4, -0.2) is 59.3 Å². The summed E-state index contributed by atoms with van der Waals surface area (Å²) in [5.74, 6) is 0.553. The number of piperidine rings is 2. The van der Waals surface area contributed by atoms with E-state index in [1.54, 1.807) is 11.0 Å². The molecule has 1 N–H and O–H groups in total. The quantitative estimate of drug-likeness (QED) is 0.796. The molecule has 0 bridgehead atoms. The van der Waals surface area contributed by atoms with Crippen molar-refractivity contribution >= 4 is 17.7 Å². The number of hydrogen-bond acceptors (Lipinski definition) is 5. The minimum atomic E-state index is -0.584. The monoisotopic (exact) mass is 385 g/mol. The van der Waals surface area contributed by atoms with Gasteiger partial charge in [0.25, 0.3) is 5.91 Å². The van der Waals surface area contributed by atoms with E-state index in [1.165, 1.54) is 0 Å². The summed E-state index contributed by atoms with van der Waals surface area (Å²) in [6.45, 7) is 7.83. The third kappa shape index (κ3) is 3.63. The Labute approximate surface area is 165 Å². The third-order valence-corrected chi connectivity index (χ3v) is 5.94. The molecule has 3 amide bonds. The average Bonchev–Trinajstić information content (AvgIpc) is 2.97. The highest BCUT2D eigenvalue weighted by atomic mass is 16.5. The molecule has 28 heavy (non-hydrogen) atoms. The first-order valence-corrected chi connectivity index (χ1v) is 10.1. The van der Waals surface area contributed by atoms with Crippen molar-refractivity contribution in [2.24, 2.45) is 5.92 Å². The van der Waals surface area contributed by atoms with Gasteiger partial charge in [0, 0.05) is 31.6 Å². The van der Waals surface area contributed by atoms with Crippen LogP contribution >= 0.6 is 0 Å². The zero-order chi connectivity index (χ0) is 19.8. The Kier molecular flexibility index (Phi) is 5.10. The normalized spacial score (nSPS) is 28.3. The molecule has 0 unspecified atom stereocenters. The number of likely N-dealkylation sites (tertiary alicyclic amines) is 1. The summed E-state index contributed by atoms with van der Waals surface area (Å²) in [6, 6.07) is 4.98. The number of rotatable bonds is 4. The minimum absolute atomic E-state index is 0.144. The Bertz CT molecular complexity index is 809. The fourth-order valence-electron chi connectivity index (χ4n) is 4.56. The molecule has 0 radical (unpaired) electrons. The number of carbonyl (C=O) groups excluding carboxylic acids is 3. The highest BCUT2D eigenvalue weighted by Crippen LogP contribution is 2.31. The van der Waals surface area contributed by atoms with Crippen LogP contribution in [0.5, 0.6) is 5.75 Å². The van der Waals surface area contributed by atoms with Crippen molar-refractivity contribution in [1.82, 2.24) is 15.1 Å². The number of benzene rings is 1. The van der Waals surface area contributed by atoms with Gasteiger partial charge in [0.05, 0.1) is 0 Å². The summed E-state index contributed by atoms with van der Waals surface area (Å²) in [5.41, 5.74) is 1.49. The first-order valence-electron chi connectivity index (χ1n) is 10.1. The lowest BCUT2D eigenvalue weighted by Gasteiger charge is -2.35. The molecule has 7 nitrogen and oxygen atoms in total. The van der Waals surface area contributed by atoms with Crippen molar-refractivity contribution in [3.05, 3.63) is 29.3 Å². The standard InChI is InChI=1S/C21H27N3O4/c1-3-23-10-13(2)8-16(12-23)28-15-4-5-17-14(9-15)11-24(21(17)27)18-6-7-19(25)22-20(18)26/h4-5,9,13,16,18H,3,6-8,10-12H2,1-2H3,(H,22,25,26)/t13-,16-,18-/m0/s1. The molecule has 0 aliphatic carbocycles. The van der Waals surface area contributed by atoms with Crippen molar-refractivity contribution in [3.8, 4) is 5.75 Å². The van der Waals surface area contributed by atoms with E-state index in [2.05, 4.69) is 24.1 Å². The lowest BCUT2D eigenvalue weighted by atomic mass is 9.98. The van der Waals surface area contributed by atoms with Gasteiger partial charge in [0.1, 0.15) is 17.9 Å². The summed E-state index contributed by atoms with van der Waals surface area (Å²) in [7, 11) is 0. The van der Waals surface area contributed by atoms with E-state index in [0.717, 1.165) is 37.4 Å². The molecular formula is C21H27N3O4. The fourth-order valence-corrected chi connectivity index (χ4v) is 4.56. The molecule has 0 saturated carbocycles. The van der Waals surface area contributed by atoms with E-state index in [-0.39, 0.29) is 30.2 Å². The summed E-state index contributed by atoms with van der Waals surface area (Å²) >= 11 is 0. The van der Waals surface area contributed by atoms with Crippen LogP contribution in [-0.2, 0) is 16.1 Å². The Morgan fingerprint density at radius 3 is 2.79 bits per heavy atom. The van der Waals surface area contributed by atoms with Crippen LogP contribution in [0.3, 0.4) is 0 Å². The highest BCUT2D eigenvalue weighted by molar-refractivity contribution is 6.05. The molecule has 2 saturated heterocycles. The summed E-state index contributed by atoms with van der Waals surface area (Å²) < 4.78 is 6.24. The predicted molar refractivity (Wildman–Crippen MR) is 103 cm³/mol. The second kappa shape index (κ2) is 7.54. The molecule has 3 atom stereocenters. The number of ether oxygens (including phenoxy) is 1. The van der Waals surface area contributed by atoms with Crippen LogP contribution in [0, 0.1) is 5.92 Å². The van der Waals surface area contributed by atoms with Crippen LogP contribution in [0.2, 0.25) is 0 Å². The van der Waals surface area contributed by atoms with Crippen molar-refractivity contribution < 1.29 is 19.1 Å². The molecule has 0 aromatic heterocycles. The zero-order valence-electron chi connectivity index (χ0n) is 16.4. The van der Waals surface area contributed by atoms with Crippen LogP contribution in [0.25, 0.3) is 0 Å². The SMILES string of the molecule is CCN1C[C@@H](C)C[C@H](Oc2ccc3c(c2)CN([C@H]2CCC(=O)NC2=O)C3=O)C1. The smallest absolute Gasteiger partial charge is 0.255 e. The largest absolute Gasteiger partial charge is 0.489 e. The summed E-state index contributed by atoms with van der Waals surface area (Å²) in [6.07, 6.45) is 1.80. The molecule has 0 spiro atoms. The zero-order valence-corrected chi connectivity index (χ0v) is 16.4. The number of carbonyl (C=O) groups is 3.